The summed E-state index contributed by atoms with van der Waals surface area (Å²) < 4.78 is 5.34. The largest absolute Gasteiger partial charge is 0.372 e. The molecule has 0 saturated carbocycles. The zero-order valence-electron chi connectivity index (χ0n) is 10.7. The molecule has 1 aliphatic rings. The van der Waals surface area contributed by atoms with Crippen molar-refractivity contribution in [1.82, 2.24) is 15.5 Å². The third-order valence-corrected chi connectivity index (χ3v) is 3.36. The van der Waals surface area contributed by atoms with Crippen LogP contribution in [0.4, 0.5) is 0 Å². The second-order valence-electron chi connectivity index (χ2n) is 4.68. The van der Waals surface area contributed by atoms with Gasteiger partial charge < -0.3 is 10.1 Å². The first-order valence-corrected chi connectivity index (χ1v) is 6.20. The maximum Gasteiger partial charge on any atom is 0.251 e. The Morgan fingerprint density at radius 2 is 2.26 bits per heavy atom. The van der Waals surface area contributed by atoms with Crippen molar-refractivity contribution < 1.29 is 9.53 Å². The first-order chi connectivity index (χ1) is 9.24. The van der Waals surface area contributed by atoms with Crippen molar-refractivity contribution in [3.63, 3.8) is 0 Å². The van der Waals surface area contributed by atoms with Gasteiger partial charge in [-0.1, -0.05) is 6.07 Å². The van der Waals surface area contributed by atoms with Crippen LogP contribution in [-0.2, 0) is 24.5 Å². The molecule has 19 heavy (non-hydrogen) atoms. The molecule has 0 aliphatic carbocycles. The van der Waals surface area contributed by atoms with Crippen LogP contribution in [0, 0.1) is 6.92 Å². The van der Waals surface area contributed by atoms with Crippen LogP contribution in [0.15, 0.2) is 24.4 Å². The lowest BCUT2D eigenvalue weighted by Gasteiger charge is -2.06. The second kappa shape index (κ2) is 4.85. The minimum Gasteiger partial charge on any atom is -0.372 e. The number of hydrogen-bond donors (Lipinski definition) is 2. The van der Waals surface area contributed by atoms with Gasteiger partial charge in [0.15, 0.2) is 0 Å². The summed E-state index contributed by atoms with van der Waals surface area (Å²) in [5.74, 6) is -0.0738. The average Bonchev–Trinajstić information content (AvgIpc) is 3.03. The summed E-state index contributed by atoms with van der Waals surface area (Å²) in [5, 5.41) is 9.67. The quantitative estimate of drug-likeness (QED) is 0.879. The van der Waals surface area contributed by atoms with Gasteiger partial charge in [0.25, 0.3) is 5.91 Å². The topological polar surface area (TPSA) is 67.0 Å². The van der Waals surface area contributed by atoms with Crippen molar-refractivity contribution in [3.05, 3.63) is 52.3 Å². The zero-order valence-corrected chi connectivity index (χ0v) is 10.7. The van der Waals surface area contributed by atoms with Crippen LogP contribution in [0.25, 0.3) is 0 Å². The number of aromatic amines is 1. The third-order valence-electron chi connectivity index (χ3n) is 3.36. The molecule has 98 valence electrons. The van der Waals surface area contributed by atoms with E-state index in [2.05, 4.69) is 15.5 Å². The number of aryl methyl sites for hydroxylation is 1. The second-order valence-corrected chi connectivity index (χ2v) is 4.68. The number of carbonyl (C=O) groups is 1. The molecule has 0 unspecified atom stereocenters. The molecule has 5 heteroatoms. The minimum absolute atomic E-state index is 0.0738. The van der Waals surface area contributed by atoms with Gasteiger partial charge in [-0.3, -0.25) is 9.89 Å². The number of fused-ring (bicyclic) bond motifs is 1. The summed E-state index contributed by atoms with van der Waals surface area (Å²) in [5.41, 5.74) is 4.92. The summed E-state index contributed by atoms with van der Waals surface area (Å²) >= 11 is 0. The van der Waals surface area contributed by atoms with E-state index < -0.39 is 0 Å². The van der Waals surface area contributed by atoms with Gasteiger partial charge in [0.1, 0.15) is 0 Å². The van der Waals surface area contributed by atoms with Crippen molar-refractivity contribution in [2.45, 2.75) is 26.7 Å². The highest BCUT2D eigenvalue weighted by Crippen LogP contribution is 2.20. The average molecular weight is 257 g/mol. The first-order valence-electron chi connectivity index (χ1n) is 6.20. The lowest BCUT2D eigenvalue weighted by Crippen LogP contribution is -2.23. The lowest BCUT2D eigenvalue weighted by molar-refractivity contribution is 0.0950. The van der Waals surface area contributed by atoms with E-state index in [1.165, 1.54) is 5.56 Å². The highest BCUT2D eigenvalue weighted by atomic mass is 16.5. The molecule has 0 spiro atoms. The number of amides is 1. The summed E-state index contributed by atoms with van der Waals surface area (Å²) in [4.78, 5) is 12.1. The number of benzene rings is 1. The molecule has 1 aromatic heterocycles. The van der Waals surface area contributed by atoms with Gasteiger partial charge in [0.2, 0.25) is 0 Å². The number of carbonyl (C=O) groups excluding carboxylic acids is 1. The fraction of sp³-hybridized carbons (Fsp3) is 0.286. The Morgan fingerprint density at radius 3 is 3.05 bits per heavy atom. The predicted molar refractivity (Wildman–Crippen MR) is 69.4 cm³/mol. The van der Waals surface area contributed by atoms with Gasteiger partial charge in [-0.25, -0.2) is 0 Å². The molecule has 0 radical (unpaired) electrons. The molecule has 1 aliphatic heterocycles. The van der Waals surface area contributed by atoms with E-state index in [1.54, 1.807) is 6.20 Å². The van der Waals surface area contributed by atoms with E-state index in [1.807, 2.05) is 25.1 Å². The molecule has 0 saturated heterocycles. The molecule has 2 heterocycles. The summed E-state index contributed by atoms with van der Waals surface area (Å²) in [6, 6.07) is 5.70. The summed E-state index contributed by atoms with van der Waals surface area (Å²) in [7, 11) is 0. The number of aromatic nitrogens is 2. The molecule has 0 bridgehead atoms. The van der Waals surface area contributed by atoms with Crippen molar-refractivity contribution >= 4 is 5.91 Å². The number of hydrogen-bond acceptors (Lipinski definition) is 3. The van der Waals surface area contributed by atoms with Gasteiger partial charge in [0, 0.05) is 23.4 Å². The predicted octanol–water partition coefficient (Wildman–Crippen LogP) is 1.68. The maximum absolute atomic E-state index is 12.1. The van der Waals surface area contributed by atoms with E-state index in [-0.39, 0.29) is 5.91 Å². The molecule has 0 atom stereocenters. The number of rotatable bonds is 3. The Hall–Kier alpha value is -2.14. The fourth-order valence-corrected chi connectivity index (χ4v) is 2.14. The van der Waals surface area contributed by atoms with Crippen LogP contribution in [0.1, 0.15) is 32.7 Å². The van der Waals surface area contributed by atoms with Crippen LogP contribution in [0.2, 0.25) is 0 Å². The molecule has 2 aromatic rings. The Labute approximate surface area is 111 Å². The Morgan fingerprint density at radius 1 is 1.42 bits per heavy atom. The van der Waals surface area contributed by atoms with Gasteiger partial charge in [-0.05, 0) is 30.2 Å². The van der Waals surface area contributed by atoms with Crippen LogP contribution >= 0.6 is 0 Å². The van der Waals surface area contributed by atoms with E-state index in [4.69, 9.17) is 4.74 Å². The van der Waals surface area contributed by atoms with Crippen LogP contribution in [0.5, 0.6) is 0 Å². The van der Waals surface area contributed by atoms with E-state index in [0.717, 1.165) is 16.8 Å². The zero-order chi connectivity index (χ0) is 13.2. The molecule has 3 rings (SSSR count). The maximum atomic E-state index is 12.1. The molecular weight excluding hydrogens is 242 g/mol. The summed E-state index contributed by atoms with van der Waals surface area (Å²) in [6.45, 7) is 3.65. The standard InChI is InChI=1S/C14H15N3O2/c1-9-13(6-16-17-9)5-15-14(18)10-2-3-11-7-19-8-12(11)4-10/h2-4,6H,5,7-8H2,1H3,(H,15,18)(H,16,17). The molecule has 1 amide bonds. The molecule has 2 N–H and O–H groups in total. The van der Waals surface area contributed by atoms with E-state index in [0.29, 0.717) is 25.3 Å². The normalized spacial score (nSPS) is 13.3. The number of ether oxygens (including phenoxy) is 1. The van der Waals surface area contributed by atoms with Crippen molar-refractivity contribution in [1.29, 1.82) is 0 Å². The Bertz CT molecular complexity index is 619. The fourth-order valence-electron chi connectivity index (χ4n) is 2.14. The molecule has 1 aromatic carbocycles. The van der Waals surface area contributed by atoms with E-state index >= 15 is 0 Å². The number of H-pyrrole nitrogens is 1. The smallest absolute Gasteiger partial charge is 0.251 e. The minimum atomic E-state index is -0.0738. The van der Waals surface area contributed by atoms with Crippen LogP contribution in [0.3, 0.4) is 0 Å². The number of nitrogens with zero attached hydrogens (tertiary/aromatic N) is 1. The molecular formula is C14H15N3O2. The first kappa shape index (κ1) is 11.9. The lowest BCUT2D eigenvalue weighted by atomic mass is 10.1. The molecule has 5 nitrogen and oxygen atoms in total. The Balaban J connectivity index is 1.69. The summed E-state index contributed by atoms with van der Waals surface area (Å²) in [6.07, 6.45) is 1.73. The van der Waals surface area contributed by atoms with Crippen molar-refractivity contribution in [2.75, 3.05) is 0 Å². The highest BCUT2D eigenvalue weighted by Gasteiger charge is 2.14. The van der Waals surface area contributed by atoms with Gasteiger partial charge >= 0.3 is 0 Å². The van der Waals surface area contributed by atoms with Crippen molar-refractivity contribution in [3.8, 4) is 0 Å². The SMILES string of the molecule is Cc1[nH]ncc1CNC(=O)c1ccc2c(c1)COC2. The van der Waals surface area contributed by atoms with Crippen LogP contribution < -0.4 is 5.32 Å². The van der Waals surface area contributed by atoms with Crippen molar-refractivity contribution in [2.24, 2.45) is 0 Å². The molecule has 0 fully saturated rings. The number of nitrogens with one attached hydrogen (secondary N) is 2. The highest BCUT2D eigenvalue weighted by molar-refractivity contribution is 5.94. The Kier molecular flexibility index (Phi) is 3.05. The monoisotopic (exact) mass is 257 g/mol. The van der Waals surface area contributed by atoms with Gasteiger partial charge in [-0.2, -0.15) is 5.10 Å². The van der Waals surface area contributed by atoms with Gasteiger partial charge in [-0.15, -0.1) is 0 Å². The van der Waals surface area contributed by atoms with E-state index in [9.17, 15) is 4.79 Å². The van der Waals surface area contributed by atoms with Gasteiger partial charge in [0.05, 0.1) is 19.4 Å². The third kappa shape index (κ3) is 2.37. The van der Waals surface area contributed by atoms with Crippen LogP contribution in [-0.4, -0.2) is 16.1 Å².